The van der Waals surface area contributed by atoms with Crippen LogP contribution in [0.5, 0.6) is 0 Å². The summed E-state index contributed by atoms with van der Waals surface area (Å²) in [5, 5.41) is 5.70. The fourth-order valence-electron chi connectivity index (χ4n) is 2.35. The average Bonchev–Trinajstić information content (AvgIpc) is 2.38. The summed E-state index contributed by atoms with van der Waals surface area (Å²) in [6.07, 6.45) is 2.44. The van der Waals surface area contributed by atoms with E-state index in [9.17, 15) is 9.59 Å². The number of rotatable bonds is 4. The van der Waals surface area contributed by atoms with Gasteiger partial charge in [0.1, 0.15) is 0 Å². The molecule has 1 unspecified atom stereocenters. The van der Waals surface area contributed by atoms with Gasteiger partial charge in [-0.3, -0.25) is 9.59 Å². The zero-order chi connectivity index (χ0) is 13.7. The van der Waals surface area contributed by atoms with Crippen molar-refractivity contribution in [2.45, 2.75) is 38.6 Å². The molecule has 0 saturated carbocycles. The number of carbonyl (C=O) groups is 2. The van der Waals surface area contributed by atoms with Crippen molar-refractivity contribution < 1.29 is 9.59 Å². The molecule has 1 atom stereocenters. The maximum absolute atomic E-state index is 11.9. The Bertz CT molecular complexity index is 471. The van der Waals surface area contributed by atoms with Crippen molar-refractivity contribution >= 4 is 11.8 Å². The van der Waals surface area contributed by atoms with E-state index in [1.165, 1.54) is 11.1 Å². The van der Waals surface area contributed by atoms with Gasteiger partial charge in [-0.25, -0.2) is 0 Å². The number of benzene rings is 1. The summed E-state index contributed by atoms with van der Waals surface area (Å²) in [5.74, 6) is 0.0541. The van der Waals surface area contributed by atoms with Crippen LogP contribution in [0.3, 0.4) is 0 Å². The van der Waals surface area contributed by atoms with Gasteiger partial charge in [0.25, 0.3) is 0 Å². The van der Waals surface area contributed by atoms with Gasteiger partial charge in [0.15, 0.2) is 0 Å². The maximum Gasteiger partial charge on any atom is 0.222 e. The van der Waals surface area contributed by atoms with Crippen LogP contribution in [0, 0.1) is 6.92 Å². The molecule has 0 spiro atoms. The second-order valence-electron chi connectivity index (χ2n) is 5.03. The van der Waals surface area contributed by atoms with Gasteiger partial charge in [-0.2, -0.15) is 0 Å². The molecule has 1 aromatic rings. The quantitative estimate of drug-likeness (QED) is 0.858. The fraction of sp³-hybridized carbons (Fsp3) is 0.467. The van der Waals surface area contributed by atoms with Crippen LogP contribution < -0.4 is 10.6 Å². The normalized spacial score (nSPS) is 18.8. The van der Waals surface area contributed by atoms with Gasteiger partial charge < -0.3 is 10.6 Å². The summed E-state index contributed by atoms with van der Waals surface area (Å²) in [6.45, 7) is 2.71. The molecule has 1 aliphatic heterocycles. The summed E-state index contributed by atoms with van der Waals surface area (Å²) in [5.41, 5.74) is 2.42. The summed E-state index contributed by atoms with van der Waals surface area (Å²) < 4.78 is 0. The van der Waals surface area contributed by atoms with Crippen molar-refractivity contribution in [1.29, 1.82) is 0 Å². The van der Waals surface area contributed by atoms with Crippen LogP contribution in [0.4, 0.5) is 0 Å². The summed E-state index contributed by atoms with van der Waals surface area (Å²) >= 11 is 0. The van der Waals surface area contributed by atoms with Crippen molar-refractivity contribution in [3.63, 3.8) is 0 Å². The molecular formula is C15H20N2O2. The van der Waals surface area contributed by atoms with Crippen molar-refractivity contribution in [2.24, 2.45) is 0 Å². The van der Waals surface area contributed by atoms with E-state index in [0.717, 1.165) is 12.8 Å². The molecule has 4 heteroatoms. The van der Waals surface area contributed by atoms with E-state index in [2.05, 4.69) is 29.7 Å². The van der Waals surface area contributed by atoms with Crippen LogP contribution in [0.2, 0.25) is 0 Å². The predicted octanol–water partition coefficient (Wildman–Crippen LogP) is 1.32. The lowest BCUT2D eigenvalue weighted by Crippen LogP contribution is -2.45. The molecule has 19 heavy (non-hydrogen) atoms. The molecule has 0 bridgehead atoms. The Hall–Kier alpha value is -1.84. The summed E-state index contributed by atoms with van der Waals surface area (Å²) in [6, 6.07) is 8.10. The van der Waals surface area contributed by atoms with Crippen molar-refractivity contribution in [3.05, 3.63) is 35.4 Å². The third-order valence-corrected chi connectivity index (χ3v) is 3.49. The number of nitrogens with one attached hydrogen (secondary N) is 2. The van der Waals surface area contributed by atoms with Gasteiger partial charge in [0, 0.05) is 25.4 Å². The van der Waals surface area contributed by atoms with Crippen LogP contribution in [0.1, 0.15) is 30.4 Å². The van der Waals surface area contributed by atoms with E-state index in [-0.39, 0.29) is 17.9 Å². The van der Waals surface area contributed by atoms with Gasteiger partial charge >= 0.3 is 0 Å². The van der Waals surface area contributed by atoms with Gasteiger partial charge in [-0.1, -0.05) is 24.3 Å². The Morgan fingerprint density at radius 3 is 2.95 bits per heavy atom. The van der Waals surface area contributed by atoms with Crippen LogP contribution >= 0.6 is 0 Å². The molecule has 2 rings (SSSR count). The number of hydrogen-bond donors (Lipinski definition) is 2. The minimum absolute atomic E-state index is 0.00174. The third kappa shape index (κ3) is 4.09. The van der Waals surface area contributed by atoms with Crippen LogP contribution in [0.25, 0.3) is 0 Å². The first-order valence-corrected chi connectivity index (χ1v) is 6.75. The van der Waals surface area contributed by atoms with E-state index < -0.39 is 0 Å². The smallest absolute Gasteiger partial charge is 0.222 e. The van der Waals surface area contributed by atoms with E-state index in [4.69, 9.17) is 0 Å². The highest BCUT2D eigenvalue weighted by Gasteiger charge is 2.20. The van der Waals surface area contributed by atoms with Crippen molar-refractivity contribution in [1.82, 2.24) is 10.6 Å². The molecule has 4 nitrogen and oxygen atoms in total. The molecule has 2 N–H and O–H groups in total. The monoisotopic (exact) mass is 260 g/mol. The first kappa shape index (κ1) is 13.6. The largest absolute Gasteiger partial charge is 0.356 e. The standard InChI is InChI=1S/C15H20N2O2/c1-11-4-2-3-5-12(11)6-7-14(18)17-13-8-9-16-15(19)10-13/h2-5,13H,6-10H2,1H3,(H,16,19)(H,17,18). The first-order valence-electron chi connectivity index (χ1n) is 6.75. The van der Waals surface area contributed by atoms with Gasteiger partial charge in [0.2, 0.25) is 11.8 Å². The van der Waals surface area contributed by atoms with E-state index in [0.29, 0.717) is 19.4 Å². The Morgan fingerprint density at radius 1 is 1.42 bits per heavy atom. The predicted molar refractivity (Wildman–Crippen MR) is 73.7 cm³/mol. The topological polar surface area (TPSA) is 58.2 Å². The summed E-state index contributed by atoms with van der Waals surface area (Å²) in [7, 11) is 0. The molecule has 0 radical (unpaired) electrons. The molecule has 1 saturated heterocycles. The SMILES string of the molecule is Cc1ccccc1CCC(=O)NC1CCNC(=O)C1. The molecule has 1 heterocycles. The molecule has 1 aliphatic rings. The number of piperidine rings is 1. The second-order valence-corrected chi connectivity index (χ2v) is 5.03. The minimum atomic E-state index is -0.00174. The van der Waals surface area contributed by atoms with Crippen molar-refractivity contribution in [2.75, 3.05) is 6.54 Å². The Labute approximate surface area is 113 Å². The molecule has 0 aliphatic carbocycles. The zero-order valence-corrected chi connectivity index (χ0v) is 11.2. The number of hydrogen-bond acceptors (Lipinski definition) is 2. The van der Waals surface area contributed by atoms with Crippen LogP contribution in [0.15, 0.2) is 24.3 Å². The van der Waals surface area contributed by atoms with Gasteiger partial charge in [0.05, 0.1) is 0 Å². The summed E-state index contributed by atoms with van der Waals surface area (Å²) in [4.78, 5) is 23.1. The third-order valence-electron chi connectivity index (χ3n) is 3.49. The fourth-order valence-corrected chi connectivity index (χ4v) is 2.35. The lowest BCUT2D eigenvalue weighted by molar-refractivity contribution is -0.124. The Balaban J connectivity index is 1.78. The molecular weight excluding hydrogens is 240 g/mol. The average molecular weight is 260 g/mol. The molecule has 0 aromatic heterocycles. The van der Waals surface area contributed by atoms with E-state index >= 15 is 0 Å². The van der Waals surface area contributed by atoms with Crippen molar-refractivity contribution in [3.8, 4) is 0 Å². The lowest BCUT2D eigenvalue weighted by Gasteiger charge is -2.23. The van der Waals surface area contributed by atoms with Gasteiger partial charge in [-0.15, -0.1) is 0 Å². The molecule has 1 aromatic carbocycles. The van der Waals surface area contributed by atoms with Crippen LogP contribution in [-0.2, 0) is 16.0 Å². The highest BCUT2D eigenvalue weighted by Crippen LogP contribution is 2.10. The zero-order valence-electron chi connectivity index (χ0n) is 11.2. The maximum atomic E-state index is 11.9. The lowest BCUT2D eigenvalue weighted by atomic mass is 10.0. The second kappa shape index (κ2) is 6.36. The number of aryl methyl sites for hydroxylation is 2. The first-order chi connectivity index (χ1) is 9.15. The minimum Gasteiger partial charge on any atom is -0.356 e. The Morgan fingerprint density at radius 2 is 2.21 bits per heavy atom. The van der Waals surface area contributed by atoms with Gasteiger partial charge in [-0.05, 0) is 30.9 Å². The molecule has 102 valence electrons. The molecule has 2 amide bonds. The number of amides is 2. The number of carbonyl (C=O) groups excluding carboxylic acids is 2. The molecule has 1 fully saturated rings. The van der Waals surface area contributed by atoms with Crippen LogP contribution in [-0.4, -0.2) is 24.4 Å². The highest BCUT2D eigenvalue weighted by atomic mass is 16.2. The van der Waals surface area contributed by atoms with E-state index in [1.807, 2.05) is 12.1 Å². The highest BCUT2D eigenvalue weighted by molar-refractivity contribution is 5.80. The Kier molecular flexibility index (Phi) is 4.55. The van der Waals surface area contributed by atoms with E-state index in [1.54, 1.807) is 0 Å².